The van der Waals surface area contributed by atoms with E-state index in [4.69, 9.17) is 4.74 Å². The van der Waals surface area contributed by atoms with Crippen molar-refractivity contribution in [2.45, 2.75) is 38.8 Å². The number of nitrogens with zero attached hydrogens (tertiary/aromatic N) is 2. The number of hydrogen-bond acceptors (Lipinski definition) is 2. The molecule has 0 aromatic carbocycles. The van der Waals surface area contributed by atoms with Gasteiger partial charge in [0.1, 0.15) is 12.0 Å². The van der Waals surface area contributed by atoms with E-state index in [-0.39, 0.29) is 6.23 Å². The van der Waals surface area contributed by atoms with E-state index in [0.717, 1.165) is 38.1 Å². The summed E-state index contributed by atoms with van der Waals surface area (Å²) in [5.74, 6) is 1.06. The predicted octanol–water partition coefficient (Wildman–Crippen LogP) is 3.70. The molecule has 3 rings (SSSR count). The molecule has 1 saturated heterocycles. The van der Waals surface area contributed by atoms with Gasteiger partial charge in [-0.3, -0.25) is 0 Å². The van der Waals surface area contributed by atoms with Crippen molar-refractivity contribution in [1.82, 2.24) is 4.57 Å². The Morgan fingerprint density at radius 3 is 3.18 bits per heavy atom. The van der Waals surface area contributed by atoms with Crippen LogP contribution in [-0.2, 0) is 4.74 Å². The first-order valence-corrected chi connectivity index (χ1v) is 6.38. The van der Waals surface area contributed by atoms with E-state index in [1.807, 2.05) is 6.21 Å². The SMILES string of the molecule is CC1=CCCC=Nc2c1ccn2[C@H]1CCCO1. The molecule has 0 N–H and O–H groups in total. The van der Waals surface area contributed by atoms with E-state index in [2.05, 4.69) is 34.8 Å². The third kappa shape index (κ3) is 1.95. The minimum Gasteiger partial charge on any atom is -0.358 e. The summed E-state index contributed by atoms with van der Waals surface area (Å²) in [5.41, 5.74) is 2.57. The lowest BCUT2D eigenvalue weighted by molar-refractivity contribution is 0.0582. The molecule has 3 heteroatoms. The van der Waals surface area contributed by atoms with Gasteiger partial charge in [-0.05, 0) is 44.2 Å². The third-order valence-electron chi connectivity index (χ3n) is 3.49. The minimum absolute atomic E-state index is 0.183. The molecule has 1 fully saturated rings. The van der Waals surface area contributed by atoms with E-state index >= 15 is 0 Å². The normalized spacial score (nSPS) is 24.1. The number of aromatic nitrogens is 1. The smallest absolute Gasteiger partial charge is 0.141 e. The summed E-state index contributed by atoms with van der Waals surface area (Å²) < 4.78 is 7.92. The van der Waals surface area contributed by atoms with Crippen LogP contribution in [0.1, 0.15) is 44.4 Å². The predicted molar refractivity (Wildman–Crippen MR) is 69.7 cm³/mol. The number of allylic oxidation sites excluding steroid dienone is 2. The molecule has 90 valence electrons. The van der Waals surface area contributed by atoms with Crippen molar-refractivity contribution < 1.29 is 4.74 Å². The monoisotopic (exact) mass is 230 g/mol. The molecule has 2 aliphatic rings. The summed E-state index contributed by atoms with van der Waals surface area (Å²) in [6.45, 7) is 3.04. The molecule has 0 spiro atoms. The Morgan fingerprint density at radius 1 is 1.41 bits per heavy atom. The van der Waals surface area contributed by atoms with E-state index < -0.39 is 0 Å². The Labute approximate surface area is 102 Å². The summed E-state index contributed by atoms with van der Waals surface area (Å²) in [7, 11) is 0. The largest absolute Gasteiger partial charge is 0.358 e. The lowest BCUT2D eigenvalue weighted by Crippen LogP contribution is -2.05. The molecule has 1 atom stereocenters. The van der Waals surface area contributed by atoms with Gasteiger partial charge in [-0.2, -0.15) is 0 Å². The summed E-state index contributed by atoms with van der Waals surface area (Å²) in [5, 5.41) is 0. The van der Waals surface area contributed by atoms with Gasteiger partial charge in [-0.15, -0.1) is 0 Å². The highest BCUT2D eigenvalue weighted by Gasteiger charge is 2.21. The second-order valence-electron chi connectivity index (χ2n) is 4.70. The van der Waals surface area contributed by atoms with Crippen LogP contribution in [0.15, 0.2) is 23.3 Å². The summed E-state index contributed by atoms with van der Waals surface area (Å²) >= 11 is 0. The van der Waals surface area contributed by atoms with Gasteiger partial charge < -0.3 is 9.30 Å². The fraction of sp³-hybridized carbons (Fsp3) is 0.500. The molecule has 0 bridgehead atoms. The highest BCUT2D eigenvalue weighted by molar-refractivity contribution is 5.77. The molecule has 2 aliphatic heterocycles. The summed E-state index contributed by atoms with van der Waals surface area (Å²) in [6.07, 6.45) is 11.0. The van der Waals surface area contributed by atoms with Crippen LogP contribution in [0.3, 0.4) is 0 Å². The molecular weight excluding hydrogens is 212 g/mol. The average Bonchev–Trinajstić information content (AvgIpc) is 2.93. The van der Waals surface area contributed by atoms with Gasteiger partial charge in [0.25, 0.3) is 0 Å². The van der Waals surface area contributed by atoms with Gasteiger partial charge in [0.05, 0.1) is 0 Å². The topological polar surface area (TPSA) is 26.5 Å². The van der Waals surface area contributed by atoms with E-state index in [9.17, 15) is 0 Å². The first kappa shape index (κ1) is 10.8. The van der Waals surface area contributed by atoms with E-state index in [0.29, 0.717) is 0 Å². The maximum atomic E-state index is 5.74. The van der Waals surface area contributed by atoms with Crippen LogP contribution < -0.4 is 0 Å². The second-order valence-corrected chi connectivity index (χ2v) is 4.70. The van der Waals surface area contributed by atoms with Crippen molar-refractivity contribution in [2.75, 3.05) is 6.61 Å². The lowest BCUT2D eigenvalue weighted by atomic mass is 10.1. The number of rotatable bonds is 1. The average molecular weight is 230 g/mol. The van der Waals surface area contributed by atoms with Gasteiger partial charge in [-0.25, -0.2) is 4.99 Å². The maximum Gasteiger partial charge on any atom is 0.141 e. The number of aliphatic imine (C=N–C) groups is 1. The highest BCUT2D eigenvalue weighted by atomic mass is 16.5. The van der Waals surface area contributed by atoms with Gasteiger partial charge in [0.15, 0.2) is 0 Å². The number of fused-ring (bicyclic) bond motifs is 1. The Morgan fingerprint density at radius 2 is 2.35 bits per heavy atom. The molecule has 0 radical (unpaired) electrons. The van der Waals surface area contributed by atoms with Crippen molar-refractivity contribution in [2.24, 2.45) is 4.99 Å². The van der Waals surface area contributed by atoms with Gasteiger partial charge in [-0.1, -0.05) is 6.08 Å². The van der Waals surface area contributed by atoms with Crippen molar-refractivity contribution in [3.8, 4) is 0 Å². The van der Waals surface area contributed by atoms with Gasteiger partial charge in [0.2, 0.25) is 0 Å². The first-order chi connectivity index (χ1) is 8.36. The number of ether oxygens (including phenoxy) is 1. The Hall–Kier alpha value is -1.35. The maximum absolute atomic E-state index is 5.74. The standard InChI is InChI=1S/C14H18N2O/c1-11-5-2-3-8-15-14-12(11)7-9-16(14)13-6-4-10-17-13/h5,7-9,13H,2-4,6,10H2,1H3/t13-/m1/s1. The molecule has 1 aromatic heterocycles. The van der Waals surface area contributed by atoms with Crippen molar-refractivity contribution in [1.29, 1.82) is 0 Å². The van der Waals surface area contributed by atoms with Crippen LogP contribution in [0, 0.1) is 0 Å². The van der Waals surface area contributed by atoms with E-state index in [1.165, 1.54) is 11.1 Å². The third-order valence-corrected chi connectivity index (χ3v) is 3.49. The Balaban J connectivity index is 2.04. The van der Waals surface area contributed by atoms with Crippen molar-refractivity contribution >= 4 is 17.6 Å². The molecule has 0 saturated carbocycles. The zero-order valence-corrected chi connectivity index (χ0v) is 10.2. The zero-order chi connectivity index (χ0) is 11.7. The van der Waals surface area contributed by atoms with E-state index in [1.54, 1.807) is 0 Å². The molecule has 3 heterocycles. The fourth-order valence-electron chi connectivity index (χ4n) is 2.53. The molecule has 0 unspecified atom stereocenters. The number of hydrogen-bond donors (Lipinski definition) is 0. The molecule has 0 aliphatic carbocycles. The van der Waals surface area contributed by atoms with Crippen LogP contribution in [0.4, 0.5) is 5.82 Å². The Kier molecular flexibility index (Phi) is 2.85. The van der Waals surface area contributed by atoms with Gasteiger partial charge >= 0.3 is 0 Å². The fourth-order valence-corrected chi connectivity index (χ4v) is 2.53. The van der Waals surface area contributed by atoms with Crippen molar-refractivity contribution in [3.63, 3.8) is 0 Å². The molecule has 1 aromatic rings. The lowest BCUT2D eigenvalue weighted by Gasteiger charge is -2.15. The minimum atomic E-state index is 0.183. The zero-order valence-electron chi connectivity index (χ0n) is 10.2. The summed E-state index contributed by atoms with van der Waals surface area (Å²) in [4.78, 5) is 4.62. The second kappa shape index (κ2) is 4.49. The summed E-state index contributed by atoms with van der Waals surface area (Å²) in [6, 6.07) is 2.16. The molecule has 0 amide bonds. The Bertz CT molecular complexity index is 465. The van der Waals surface area contributed by atoms with Crippen LogP contribution in [0.5, 0.6) is 0 Å². The first-order valence-electron chi connectivity index (χ1n) is 6.38. The van der Waals surface area contributed by atoms with Crippen molar-refractivity contribution in [3.05, 3.63) is 23.9 Å². The molecular formula is C14H18N2O. The quantitative estimate of drug-likeness (QED) is 0.722. The van der Waals surface area contributed by atoms with Crippen LogP contribution >= 0.6 is 0 Å². The van der Waals surface area contributed by atoms with Crippen LogP contribution in [0.25, 0.3) is 5.57 Å². The molecule has 17 heavy (non-hydrogen) atoms. The van der Waals surface area contributed by atoms with Crippen LogP contribution in [-0.4, -0.2) is 17.4 Å². The van der Waals surface area contributed by atoms with Crippen LogP contribution in [0.2, 0.25) is 0 Å². The van der Waals surface area contributed by atoms with Gasteiger partial charge in [0, 0.05) is 24.6 Å². The highest BCUT2D eigenvalue weighted by Crippen LogP contribution is 2.35. The molecule has 3 nitrogen and oxygen atoms in total.